The summed E-state index contributed by atoms with van der Waals surface area (Å²) in [5.41, 5.74) is 6.98. The summed E-state index contributed by atoms with van der Waals surface area (Å²) >= 11 is 0. The number of rotatable bonds is 10. The summed E-state index contributed by atoms with van der Waals surface area (Å²) in [7, 11) is 4.14. The lowest BCUT2D eigenvalue weighted by Gasteiger charge is -2.10. The minimum absolute atomic E-state index is 0. The average molecular weight is 448 g/mol. The van der Waals surface area contributed by atoms with Gasteiger partial charge < -0.3 is 20.7 Å². The lowest BCUT2D eigenvalue weighted by molar-refractivity contribution is 0.281. The van der Waals surface area contributed by atoms with E-state index in [1.54, 1.807) is 0 Å². The number of nitrogens with two attached hydrogens (primary N) is 1. The molecule has 5 nitrogen and oxygen atoms in total. The van der Waals surface area contributed by atoms with Gasteiger partial charge in [0.05, 0.1) is 13.2 Å². The molecule has 0 heterocycles. The predicted octanol–water partition coefficient (Wildman–Crippen LogP) is 3.09. The largest absolute Gasteiger partial charge is 0.494 e. The van der Waals surface area contributed by atoms with E-state index in [0.29, 0.717) is 18.4 Å². The SMILES string of the molecule is CC(C)CCNC(N)=NCc1ccc(OCCCN(C)C)cc1.I. The fourth-order valence-electron chi connectivity index (χ4n) is 1.98. The minimum Gasteiger partial charge on any atom is -0.494 e. The zero-order valence-electron chi connectivity index (χ0n) is 15.4. The molecule has 0 fully saturated rings. The van der Waals surface area contributed by atoms with Crippen LogP contribution in [0.15, 0.2) is 29.3 Å². The second kappa shape index (κ2) is 13.3. The topological polar surface area (TPSA) is 62.9 Å². The lowest BCUT2D eigenvalue weighted by atomic mass is 10.1. The molecule has 138 valence electrons. The predicted molar refractivity (Wildman–Crippen MR) is 113 cm³/mol. The van der Waals surface area contributed by atoms with E-state index in [1.165, 1.54) is 0 Å². The Hall–Kier alpha value is -1.02. The molecule has 1 rings (SSSR count). The van der Waals surface area contributed by atoms with Crippen molar-refractivity contribution in [3.05, 3.63) is 29.8 Å². The van der Waals surface area contributed by atoms with Crippen LogP contribution in [-0.2, 0) is 6.54 Å². The Kier molecular flexibility index (Phi) is 12.7. The first-order valence-corrected chi connectivity index (χ1v) is 8.37. The fourth-order valence-corrected chi connectivity index (χ4v) is 1.98. The molecule has 0 aromatic heterocycles. The van der Waals surface area contributed by atoms with Gasteiger partial charge in [0.15, 0.2) is 5.96 Å². The van der Waals surface area contributed by atoms with Crippen molar-refractivity contribution >= 4 is 29.9 Å². The van der Waals surface area contributed by atoms with Gasteiger partial charge in [-0.25, -0.2) is 4.99 Å². The summed E-state index contributed by atoms with van der Waals surface area (Å²) in [6.07, 6.45) is 2.12. The number of guanidine groups is 1. The number of halogens is 1. The van der Waals surface area contributed by atoms with E-state index >= 15 is 0 Å². The first kappa shape index (κ1) is 23.0. The third-order valence-corrected chi connectivity index (χ3v) is 3.40. The van der Waals surface area contributed by atoms with Crippen molar-refractivity contribution in [2.75, 3.05) is 33.8 Å². The number of nitrogens with zero attached hydrogens (tertiary/aromatic N) is 2. The van der Waals surface area contributed by atoms with Gasteiger partial charge in [-0.05, 0) is 50.6 Å². The average Bonchev–Trinajstić information content (AvgIpc) is 2.50. The molecule has 6 heteroatoms. The molecule has 1 aromatic rings. The minimum atomic E-state index is 0. The number of aliphatic imine (C=N–C) groups is 1. The van der Waals surface area contributed by atoms with Crippen molar-refractivity contribution in [3.63, 3.8) is 0 Å². The van der Waals surface area contributed by atoms with E-state index in [-0.39, 0.29) is 24.0 Å². The number of nitrogens with one attached hydrogen (secondary N) is 1. The third kappa shape index (κ3) is 11.5. The molecule has 0 saturated heterocycles. The van der Waals surface area contributed by atoms with Crippen molar-refractivity contribution in [1.82, 2.24) is 10.2 Å². The van der Waals surface area contributed by atoms with Gasteiger partial charge in [0.1, 0.15) is 5.75 Å². The smallest absolute Gasteiger partial charge is 0.188 e. The first-order chi connectivity index (χ1) is 11.0. The quantitative estimate of drug-likeness (QED) is 0.250. The maximum atomic E-state index is 5.85. The Labute approximate surface area is 164 Å². The maximum absolute atomic E-state index is 5.85. The molecule has 0 spiro atoms. The molecule has 1 aromatic carbocycles. The van der Waals surface area contributed by atoms with Crippen LogP contribution in [-0.4, -0.2) is 44.7 Å². The highest BCUT2D eigenvalue weighted by molar-refractivity contribution is 14.0. The molecule has 0 bridgehead atoms. The van der Waals surface area contributed by atoms with Crippen LogP contribution in [0.2, 0.25) is 0 Å². The Balaban J connectivity index is 0.00000529. The highest BCUT2D eigenvalue weighted by Gasteiger charge is 1.98. The van der Waals surface area contributed by atoms with Gasteiger partial charge in [0.25, 0.3) is 0 Å². The molecule has 0 aliphatic rings. The molecule has 0 unspecified atom stereocenters. The Morgan fingerprint density at radius 3 is 2.50 bits per heavy atom. The van der Waals surface area contributed by atoms with E-state index in [4.69, 9.17) is 10.5 Å². The molecule has 0 aliphatic heterocycles. The fraction of sp³-hybridized carbons (Fsp3) is 0.611. The van der Waals surface area contributed by atoms with E-state index in [2.05, 4.69) is 43.2 Å². The highest BCUT2D eigenvalue weighted by atomic mass is 127. The van der Waals surface area contributed by atoms with Crippen LogP contribution in [0.3, 0.4) is 0 Å². The molecule has 24 heavy (non-hydrogen) atoms. The van der Waals surface area contributed by atoms with E-state index < -0.39 is 0 Å². The van der Waals surface area contributed by atoms with Crippen LogP contribution >= 0.6 is 24.0 Å². The second-order valence-electron chi connectivity index (χ2n) is 6.46. The summed E-state index contributed by atoms with van der Waals surface area (Å²) in [5, 5.41) is 3.14. The van der Waals surface area contributed by atoms with E-state index in [9.17, 15) is 0 Å². The van der Waals surface area contributed by atoms with Crippen molar-refractivity contribution < 1.29 is 4.74 Å². The Morgan fingerprint density at radius 1 is 1.25 bits per heavy atom. The Bertz CT molecular complexity index is 461. The lowest BCUT2D eigenvalue weighted by Crippen LogP contribution is -2.32. The molecule has 3 N–H and O–H groups in total. The van der Waals surface area contributed by atoms with Gasteiger partial charge in [0, 0.05) is 13.1 Å². The van der Waals surface area contributed by atoms with Gasteiger partial charge in [0.2, 0.25) is 0 Å². The van der Waals surface area contributed by atoms with Crippen molar-refractivity contribution in [1.29, 1.82) is 0 Å². The van der Waals surface area contributed by atoms with Crippen LogP contribution in [0, 0.1) is 5.92 Å². The zero-order valence-corrected chi connectivity index (χ0v) is 17.7. The maximum Gasteiger partial charge on any atom is 0.188 e. The highest BCUT2D eigenvalue weighted by Crippen LogP contribution is 2.13. The normalized spacial score (nSPS) is 11.5. The molecule has 0 amide bonds. The first-order valence-electron chi connectivity index (χ1n) is 8.37. The molecular formula is C18H33IN4O. The second-order valence-corrected chi connectivity index (χ2v) is 6.46. The van der Waals surface area contributed by atoms with Crippen LogP contribution in [0.5, 0.6) is 5.75 Å². The van der Waals surface area contributed by atoms with E-state index in [0.717, 1.165) is 43.9 Å². The molecule has 0 atom stereocenters. The van der Waals surface area contributed by atoms with Gasteiger partial charge in [-0.15, -0.1) is 24.0 Å². The monoisotopic (exact) mass is 448 g/mol. The summed E-state index contributed by atoms with van der Waals surface area (Å²) in [6.45, 7) is 7.62. The zero-order chi connectivity index (χ0) is 17.1. The van der Waals surface area contributed by atoms with Gasteiger partial charge >= 0.3 is 0 Å². The van der Waals surface area contributed by atoms with Crippen molar-refractivity contribution in [2.24, 2.45) is 16.6 Å². The van der Waals surface area contributed by atoms with Gasteiger partial charge in [-0.3, -0.25) is 0 Å². The van der Waals surface area contributed by atoms with Crippen LogP contribution in [0.1, 0.15) is 32.3 Å². The molecule has 0 aliphatic carbocycles. The molecular weight excluding hydrogens is 415 g/mol. The third-order valence-electron chi connectivity index (χ3n) is 3.40. The Morgan fingerprint density at radius 2 is 1.92 bits per heavy atom. The van der Waals surface area contributed by atoms with Crippen molar-refractivity contribution in [2.45, 2.75) is 33.2 Å². The van der Waals surface area contributed by atoms with Crippen LogP contribution < -0.4 is 15.8 Å². The summed E-state index contributed by atoms with van der Waals surface area (Å²) in [5.74, 6) is 2.08. The van der Waals surface area contributed by atoms with Crippen molar-refractivity contribution in [3.8, 4) is 5.75 Å². The number of ether oxygens (including phenoxy) is 1. The molecule has 0 radical (unpaired) electrons. The van der Waals surface area contributed by atoms with Gasteiger partial charge in [-0.2, -0.15) is 0 Å². The summed E-state index contributed by atoms with van der Waals surface area (Å²) in [6, 6.07) is 8.05. The number of hydrogen-bond acceptors (Lipinski definition) is 3. The summed E-state index contributed by atoms with van der Waals surface area (Å²) in [4.78, 5) is 6.51. The number of benzene rings is 1. The van der Waals surface area contributed by atoms with E-state index in [1.807, 2.05) is 24.3 Å². The number of hydrogen-bond donors (Lipinski definition) is 2. The standard InChI is InChI=1S/C18H32N4O.HI/c1-15(2)10-11-20-18(19)21-14-16-6-8-17(9-7-16)23-13-5-12-22(3)4;/h6-9,15H,5,10-14H2,1-4H3,(H3,19,20,21);1H. The summed E-state index contributed by atoms with van der Waals surface area (Å²) < 4.78 is 5.71. The van der Waals surface area contributed by atoms with Crippen LogP contribution in [0.4, 0.5) is 0 Å². The molecule has 0 saturated carbocycles. The van der Waals surface area contributed by atoms with Gasteiger partial charge in [-0.1, -0.05) is 26.0 Å². The van der Waals surface area contributed by atoms with Crippen LogP contribution in [0.25, 0.3) is 0 Å².